The van der Waals surface area contributed by atoms with Crippen molar-refractivity contribution in [3.63, 3.8) is 0 Å². The predicted octanol–water partition coefficient (Wildman–Crippen LogP) is 2.49. The molecule has 0 aliphatic rings. The fraction of sp³-hybridized carbons (Fsp3) is 0.462. The van der Waals surface area contributed by atoms with Crippen LogP contribution >= 0.6 is 0 Å². The summed E-state index contributed by atoms with van der Waals surface area (Å²) in [5, 5.41) is 7.42. The third kappa shape index (κ3) is 3.89. The Bertz CT molecular complexity index is 300. The molecule has 0 fully saturated rings. The maximum atomic E-state index is 9.00. The SMILES string of the molecule is CC(=O)O.Cc1c(C)c(C)[c]([Hg])c(C)c1C. The van der Waals surface area contributed by atoms with Gasteiger partial charge in [0.05, 0.1) is 0 Å². The van der Waals surface area contributed by atoms with Crippen molar-refractivity contribution < 1.29 is 36.0 Å². The van der Waals surface area contributed by atoms with Crippen molar-refractivity contribution in [3.05, 3.63) is 27.8 Å². The van der Waals surface area contributed by atoms with E-state index in [-0.39, 0.29) is 0 Å². The van der Waals surface area contributed by atoms with E-state index in [0.717, 1.165) is 33.0 Å². The topological polar surface area (TPSA) is 37.3 Å². The molecule has 0 radical (unpaired) electrons. The summed E-state index contributed by atoms with van der Waals surface area (Å²) in [6, 6.07) is 0. The fourth-order valence-corrected chi connectivity index (χ4v) is 3.64. The van der Waals surface area contributed by atoms with Gasteiger partial charge < -0.3 is 5.11 Å². The summed E-state index contributed by atoms with van der Waals surface area (Å²) >= 11 is 0.758. The predicted molar refractivity (Wildman–Crippen MR) is 63.1 cm³/mol. The van der Waals surface area contributed by atoms with Crippen LogP contribution in [0.3, 0.4) is 0 Å². The number of hydrogen-bond donors (Lipinski definition) is 1. The standard InChI is InChI=1S/C11H15.C2H4O2.Hg/c1-7-6-8(2)10(4)11(5)9(7)3;1-2(3)4;/h1-5H3;1H3,(H,3,4);. The second kappa shape index (κ2) is 6.38. The molecule has 0 amide bonds. The molecule has 1 aromatic carbocycles. The molecule has 1 aromatic rings. The number of benzene rings is 1. The molecule has 0 aromatic heterocycles. The van der Waals surface area contributed by atoms with Gasteiger partial charge in [-0.15, -0.1) is 0 Å². The van der Waals surface area contributed by atoms with E-state index in [1.165, 1.54) is 16.7 Å². The number of carbonyl (C=O) groups is 1. The number of hydrogen-bond acceptors (Lipinski definition) is 1. The van der Waals surface area contributed by atoms with Gasteiger partial charge in [-0.25, -0.2) is 0 Å². The summed E-state index contributed by atoms with van der Waals surface area (Å²) in [5.41, 5.74) is 7.57. The Kier molecular flexibility index (Phi) is 6.23. The van der Waals surface area contributed by atoms with Crippen LogP contribution in [-0.2, 0) is 30.9 Å². The number of rotatable bonds is 0. The van der Waals surface area contributed by atoms with E-state index in [1.807, 2.05) is 0 Å². The molecule has 0 heterocycles. The molecule has 0 aliphatic carbocycles. The summed E-state index contributed by atoms with van der Waals surface area (Å²) in [7, 11) is 0. The van der Waals surface area contributed by atoms with Gasteiger partial charge in [0.15, 0.2) is 0 Å². The average Bonchev–Trinajstić information content (AvgIpc) is 2.20. The molecule has 0 spiro atoms. The average molecular weight is 408 g/mol. The number of carboxylic acids is 1. The molecule has 0 aliphatic heterocycles. The van der Waals surface area contributed by atoms with Crippen molar-refractivity contribution >= 4 is 9.04 Å². The van der Waals surface area contributed by atoms with E-state index >= 15 is 0 Å². The van der Waals surface area contributed by atoms with Gasteiger partial charge in [0.1, 0.15) is 0 Å². The summed E-state index contributed by atoms with van der Waals surface area (Å²) < 4.78 is 1.65. The molecule has 1 rings (SSSR count). The van der Waals surface area contributed by atoms with Gasteiger partial charge in [0, 0.05) is 6.92 Å². The van der Waals surface area contributed by atoms with E-state index in [2.05, 4.69) is 34.6 Å². The number of carboxylic acid groups (broad SMARTS) is 1. The molecular formula is C13H19HgO2. The Morgan fingerprint density at radius 2 is 1.06 bits per heavy atom. The van der Waals surface area contributed by atoms with Crippen molar-refractivity contribution in [2.45, 2.75) is 41.5 Å². The zero-order valence-corrected chi connectivity index (χ0v) is 16.6. The molecule has 3 heteroatoms. The summed E-state index contributed by atoms with van der Waals surface area (Å²) in [5.74, 6) is -0.833. The molecule has 1 N–H and O–H groups in total. The number of aliphatic carboxylic acids is 1. The van der Waals surface area contributed by atoms with Gasteiger partial charge in [-0.2, -0.15) is 0 Å². The van der Waals surface area contributed by atoms with E-state index in [4.69, 9.17) is 9.90 Å². The van der Waals surface area contributed by atoms with Gasteiger partial charge in [0.25, 0.3) is 5.97 Å². The van der Waals surface area contributed by atoms with Crippen LogP contribution in [0.5, 0.6) is 0 Å². The first kappa shape index (κ1) is 15.6. The van der Waals surface area contributed by atoms with E-state index in [9.17, 15) is 0 Å². The molecule has 0 unspecified atom stereocenters. The third-order valence-electron chi connectivity index (χ3n) is 3.16. The van der Waals surface area contributed by atoms with Crippen LogP contribution in [-0.4, -0.2) is 11.1 Å². The fourth-order valence-electron chi connectivity index (χ4n) is 1.58. The summed E-state index contributed by atoms with van der Waals surface area (Å²) in [4.78, 5) is 9.00. The monoisotopic (exact) mass is 409 g/mol. The Hall–Kier alpha value is -0.375. The van der Waals surface area contributed by atoms with Gasteiger partial charge in [-0.3, -0.25) is 4.79 Å². The second-order valence-corrected chi connectivity index (χ2v) is 6.87. The van der Waals surface area contributed by atoms with E-state index < -0.39 is 5.97 Å². The molecule has 2 nitrogen and oxygen atoms in total. The molecule has 16 heavy (non-hydrogen) atoms. The van der Waals surface area contributed by atoms with Crippen LogP contribution in [0.1, 0.15) is 34.7 Å². The van der Waals surface area contributed by atoms with Crippen LogP contribution in [0.2, 0.25) is 0 Å². The second-order valence-electron chi connectivity index (χ2n) is 4.12. The van der Waals surface area contributed by atoms with Crippen LogP contribution in [0.25, 0.3) is 0 Å². The third-order valence-corrected chi connectivity index (χ3v) is 7.28. The quantitative estimate of drug-likeness (QED) is 0.671. The molecule has 0 atom stereocenters. The van der Waals surface area contributed by atoms with Crippen molar-refractivity contribution in [1.29, 1.82) is 0 Å². The van der Waals surface area contributed by atoms with Crippen molar-refractivity contribution in [2.24, 2.45) is 0 Å². The van der Waals surface area contributed by atoms with Crippen LogP contribution in [0, 0.1) is 34.6 Å². The van der Waals surface area contributed by atoms with Gasteiger partial charge in [0.2, 0.25) is 0 Å². The first-order valence-electron chi connectivity index (χ1n) is 5.28. The normalized spacial score (nSPS) is 9.50. The van der Waals surface area contributed by atoms with Crippen LogP contribution in [0.4, 0.5) is 0 Å². The Morgan fingerprint density at radius 1 is 0.875 bits per heavy atom. The maximum absolute atomic E-state index is 9.00. The Morgan fingerprint density at radius 3 is 1.31 bits per heavy atom. The van der Waals surface area contributed by atoms with Gasteiger partial charge in [-0.1, -0.05) is 0 Å². The van der Waals surface area contributed by atoms with Gasteiger partial charge in [-0.05, 0) is 0 Å². The molecule has 85 valence electrons. The van der Waals surface area contributed by atoms with E-state index in [1.54, 1.807) is 14.2 Å². The molecular weight excluding hydrogens is 389 g/mol. The molecule has 0 saturated heterocycles. The Balaban J connectivity index is 0.000000487. The minimum atomic E-state index is -0.833. The summed E-state index contributed by atoms with van der Waals surface area (Å²) in [6.07, 6.45) is 0. The first-order valence-corrected chi connectivity index (χ1v) is 8.03. The first-order chi connectivity index (χ1) is 7.20. The van der Waals surface area contributed by atoms with Crippen molar-refractivity contribution in [1.82, 2.24) is 0 Å². The molecule has 0 saturated carbocycles. The minimum absolute atomic E-state index is 0.758. The molecule has 0 bridgehead atoms. The van der Waals surface area contributed by atoms with Gasteiger partial charge >= 0.3 is 91.6 Å². The summed E-state index contributed by atoms with van der Waals surface area (Å²) in [6.45, 7) is 12.3. The zero-order valence-electron chi connectivity index (χ0n) is 11.1. The van der Waals surface area contributed by atoms with Crippen molar-refractivity contribution in [3.8, 4) is 0 Å². The van der Waals surface area contributed by atoms with Crippen LogP contribution in [0.15, 0.2) is 0 Å². The van der Waals surface area contributed by atoms with Crippen LogP contribution < -0.4 is 3.07 Å². The zero-order chi connectivity index (χ0) is 13.0. The van der Waals surface area contributed by atoms with Crippen molar-refractivity contribution in [2.75, 3.05) is 0 Å². The van der Waals surface area contributed by atoms with E-state index in [0.29, 0.717) is 0 Å². The Labute approximate surface area is 114 Å².